The van der Waals surface area contributed by atoms with Crippen molar-refractivity contribution < 1.29 is 9.59 Å². The fourth-order valence-electron chi connectivity index (χ4n) is 0.978. The predicted molar refractivity (Wildman–Crippen MR) is 51.2 cm³/mol. The van der Waals surface area contributed by atoms with E-state index in [1.807, 2.05) is 13.8 Å². The van der Waals surface area contributed by atoms with Crippen LogP contribution in [0.4, 0.5) is 0 Å². The molecule has 0 spiro atoms. The highest BCUT2D eigenvalue weighted by Crippen LogP contribution is 1.91. The van der Waals surface area contributed by atoms with Gasteiger partial charge < -0.3 is 9.80 Å². The Hall–Kier alpha value is -1.06. The summed E-state index contributed by atoms with van der Waals surface area (Å²) in [6.45, 7) is 5.38. The summed E-state index contributed by atoms with van der Waals surface area (Å²) >= 11 is 0. The zero-order valence-electron chi connectivity index (χ0n) is 8.62. The maximum atomic E-state index is 11.4. The molecular formula is C9H18N2O2. The van der Waals surface area contributed by atoms with Crippen molar-refractivity contribution in [3.05, 3.63) is 0 Å². The van der Waals surface area contributed by atoms with Gasteiger partial charge in [0.1, 0.15) is 0 Å². The van der Waals surface area contributed by atoms with Gasteiger partial charge in [-0.05, 0) is 13.3 Å². The van der Waals surface area contributed by atoms with Crippen LogP contribution < -0.4 is 0 Å². The van der Waals surface area contributed by atoms with Gasteiger partial charge in [0.2, 0.25) is 12.3 Å². The average molecular weight is 186 g/mol. The van der Waals surface area contributed by atoms with E-state index < -0.39 is 0 Å². The Bertz CT molecular complexity index is 171. The first-order valence-corrected chi connectivity index (χ1v) is 4.59. The monoisotopic (exact) mass is 186 g/mol. The number of rotatable bonds is 6. The molecule has 2 amide bonds. The van der Waals surface area contributed by atoms with Gasteiger partial charge in [0.25, 0.3) is 0 Å². The molecule has 76 valence electrons. The van der Waals surface area contributed by atoms with E-state index in [1.165, 1.54) is 4.90 Å². The number of carbonyl (C=O) groups is 2. The van der Waals surface area contributed by atoms with Gasteiger partial charge in [0.05, 0.1) is 6.54 Å². The fraction of sp³-hybridized carbons (Fsp3) is 0.778. The van der Waals surface area contributed by atoms with Gasteiger partial charge in [-0.2, -0.15) is 0 Å². The van der Waals surface area contributed by atoms with Gasteiger partial charge in [-0.3, -0.25) is 9.59 Å². The number of likely N-dealkylation sites (N-methyl/N-ethyl adjacent to an activating group) is 2. The Morgan fingerprint density at radius 2 is 2.00 bits per heavy atom. The molecule has 4 nitrogen and oxygen atoms in total. The Balaban J connectivity index is 3.90. The summed E-state index contributed by atoms with van der Waals surface area (Å²) in [5, 5.41) is 0. The molecule has 0 aliphatic carbocycles. The maximum Gasteiger partial charge on any atom is 0.241 e. The predicted octanol–water partition coefficient (Wildman–Crippen LogP) is 0.333. The number of hydrogen-bond acceptors (Lipinski definition) is 2. The Kier molecular flexibility index (Phi) is 5.93. The van der Waals surface area contributed by atoms with E-state index in [0.717, 1.165) is 13.0 Å². The van der Waals surface area contributed by atoms with E-state index in [4.69, 9.17) is 0 Å². The SMILES string of the molecule is CCCN(C)C(=O)CN(C=O)CC. The van der Waals surface area contributed by atoms with Crippen LogP contribution in [0.1, 0.15) is 20.3 Å². The molecule has 0 radical (unpaired) electrons. The second-order valence-electron chi connectivity index (χ2n) is 2.98. The summed E-state index contributed by atoms with van der Waals surface area (Å²) in [6.07, 6.45) is 1.65. The van der Waals surface area contributed by atoms with Crippen LogP contribution in [0.3, 0.4) is 0 Å². The Morgan fingerprint density at radius 3 is 2.38 bits per heavy atom. The number of hydrogen-bond donors (Lipinski definition) is 0. The molecule has 0 bridgehead atoms. The first kappa shape index (κ1) is 11.9. The van der Waals surface area contributed by atoms with Crippen molar-refractivity contribution in [1.82, 2.24) is 9.80 Å². The van der Waals surface area contributed by atoms with Crippen LogP contribution in [-0.4, -0.2) is 48.8 Å². The second-order valence-corrected chi connectivity index (χ2v) is 2.98. The van der Waals surface area contributed by atoms with Crippen LogP contribution in [0.2, 0.25) is 0 Å². The summed E-state index contributed by atoms with van der Waals surface area (Å²) in [7, 11) is 1.75. The number of nitrogens with zero attached hydrogens (tertiary/aromatic N) is 2. The van der Waals surface area contributed by atoms with Crippen molar-refractivity contribution in [2.75, 3.05) is 26.7 Å². The zero-order valence-corrected chi connectivity index (χ0v) is 8.62. The van der Waals surface area contributed by atoms with E-state index in [1.54, 1.807) is 11.9 Å². The average Bonchev–Trinajstić information content (AvgIpc) is 2.14. The smallest absolute Gasteiger partial charge is 0.241 e. The molecule has 0 N–H and O–H groups in total. The first-order chi connectivity index (χ1) is 6.15. The third kappa shape index (κ3) is 4.50. The topological polar surface area (TPSA) is 40.6 Å². The summed E-state index contributed by atoms with van der Waals surface area (Å²) in [4.78, 5) is 24.9. The molecule has 0 rings (SSSR count). The van der Waals surface area contributed by atoms with Crippen molar-refractivity contribution in [3.8, 4) is 0 Å². The van der Waals surface area contributed by atoms with Crippen LogP contribution in [0.5, 0.6) is 0 Å². The van der Waals surface area contributed by atoms with Crippen molar-refractivity contribution >= 4 is 12.3 Å². The molecule has 0 saturated heterocycles. The second kappa shape index (κ2) is 6.46. The van der Waals surface area contributed by atoms with Gasteiger partial charge >= 0.3 is 0 Å². The lowest BCUT2D eigenvalue weighted by atomic mass is 10.4. The molecule has 0 atom stereocenters. The summed E-state index contributed by atoms with van der Waals surface area (Å²) in [6, 6.07) is 0. The van der Waals surface area contributed by atoms with E-state index >= 15 is 0 Å². The first-order valence-electron chi connectivity index (χ1n) is 4.59. The number of carbonyl (C=O) groups excluding carboxylic acids is 2. The van der Waals surface area contributed by atoms with E-state index in [9.17, 15) is 9.59 Å². The minimum absolute atomic E-state index is 0.00389. The fourth-order valence-corrected chi connectivity index (χ4v) is 0.978. The van der Waals surface area contributed by atoms with Crippen LogP contribution in [-0.2, 0) is 9.59 Å². The summed E-state index contributed by atoms with van der Waals surface area (Å²) < 4.78 is 0. The van der Waals surface area contributed by atoms with Crippen molar-refractivity contribution in [2.45, 2.75) is 20.3 Å². The Morgan fingerprint density at radius 1 is 1.38 bits per heavy atom. The standard InChI is InChI=1S/C9H18N2O2/c1-4-6-10(3)9(13)7-11(5-2)8-12/h8H,4-7H2,1-3H3. The van der Waals surface area contributed by atoms with Gasteiger partial charge in [-0.1, -0.05) is 6.92 Å². The highest BCUT2D eigenvalue weighted by molar-refractivity contribution is 5.79. The van der Waals surface area contributed by atoms with Gasteiger partial charge in [0.15, 0.2) is 0 Å². The van der Waals surface area contributed by atoms with Crippen LogP contribution >= 0.6 is 0 Å². The molecule has 0 aliphatic heterocycles. The summed E-state index contributed by atoms with van der Waals surface area (Å²) in [5.41, 5.74) is 0. The van der Waals surface area contributed by atoms with Gasteiger partial charge in [0, 0.05) is 20.1 Å². The van der Waals surface area contributed by atoms with E-state index in [-0.39, 0.29) is 12.5 Å². The van der Waals surface area contributed by atoms with Crippen molar-refractivity contribution in [1.29, 1.82) is 0 Å². The van der Waals surface area contributed by atoms with Crippen LogP contribution in [0.25, 0.3) is 0 Å². The highest BCUT2D eigenvalue weighted by Gasteiger charge is 2.10. The highest BCUT2D eigenvalue weighted by atomic mass is 16.2. The molecule has 0 unspecified atom stereocenters. The minimum Gasteiger partial charge on any atom is -0.344 e. The lowest BCUT2D eigenvalue weighted by Gasteiger charge is -2.20. The molecule has 0 heterocycles. The molecule has 0 saturated carbocycles. The van der Waals surface area contributed by atoms with Gasteiger partial charge in [-0.25, -0.2) is 0 Å². The lowest BCUT2D eigenvalue weighted by molar-refractivity contribution is -0.134. The normalized spacial score (nSPS) is 9.46. The van der Waals surface area contributed by atoms with E-state index in [2.05, 4.69) is 0 Å². The minimum atomic E-state index is -0.00389. The Labute approximate surface area is 79.5 Å². The molecular weight excluding hydrogens is 168 g/mol. The molecule has 0 aromatic heterocycles. The zero-order chi connectivity index (χ0) is 10.3. The van der Waals surface area contributed by atoms with Crippen LogP contribution in [0, 0.1) is 0 Å². The lowest BCUT2D eigenvalue weighted by Crippen LogP contribution is -2.38. The largest absolute Gasteiger partial charge is 0.344 e. The third-order valence-corrected chi connectivity index (χ3v) is 1.88. The molecule has 0 aliphatic rings. The molecule has 0 fully saturated rings. The molecule has 0 aromatic rings. The molecule has 4 heteroatoms. The van der Waals surface area contributed by atoms with E-state index in [0.29, 0.717) is 13.0 Å². The maximum absolute atomic E-state index is 11.4. The number of amides is 2. The summed E-state index contributed by atoms with van der Waals surface area (Å²) in [5.74, 6) is -0.00389. The van der Waals surface area contributed by atoms with Crippen molar-refractivity contribution in [3.63, 3.8) is 0 Å². The third-order valence-electron chi connectivity index (χ3n) is 1.88. The quantitative estimate of drug-likeness (QED) is 0.561. The van der Waals surface area contributed by atoms with Crippen LogP contribution in [0.15, 0.2) is 0 Å². The molecule has 0 aromatic carbocycles. The van der Waals surface area contributed by atoms with Crippen molar-refractivity contribution in [2.24, 2.45) is 0 Å². The molecule has 13 heavy (non-hydrogen) atoms. The van der Waals surface area contributed by atoms with Gasteiger partial charge in [-0.15, -0.1) is 0 Å².